The summed E-state index contributed by atoms with van der Waals surface area (Å²) in [5.41, 5.74) is 0.455. The van der Waals surface area contributed by atoms with Crippen molar-refractivity contribution in [1.82, 2.24) is 4.90 Å². The van der Waals surface area contributed by atoms with E-state index in [2.05, 4.69) is 6.92 Å². The van der Waals surface area contributed by atoms with Crippen molar-refractivity contribution < 1.29 is 14.6 Å². The SMILES string of the molecule is COc1ccc(C(=O)N2CCC(C)C(Cl)C2)cc1O. The molecule has 1 fully saturated rings. The molecule has 2 unspecified atom stereocenters. The second-order valence-corrected chi connectivity index (χ2v) is 5.48. The highest BCUT2D eigenvalue weighted by atomic mass is 35.5. The molecular weight excluding hydrogens is 266 g/mol. The van der Waals surface area contributed by atoms with E-state index in [4.69, 9.17) is 16.3 Å². The van der Waals surface area contributed by atoms with E-state index in [0.29, 0.717) is 30.3 Å². The van der Waals surface area contributed by atoms with Crippen LogP contribution in [0.1, 0.15) is 23.7 Å². The molecule has 4 nitrogen and oxygen atoms in total. The minimum atomic E-state index is -0.101. The first-order chi connectivity index (χ1) is 9.02. The number of phenols is 1. The smallest absolute Gasteiger partial charge is 0.254 e. The Hall–Kier alpha value is -1.42. The van der Waals surface area contributed by atoms with Gasteiger partial charge >= 0.3 is 0 Å². The normalized spacial score (nSPS) is 23.2. The maximum Gasteiger partial charge on any atom is 0.254 e. The number of nitrogens with zero attached hydrogens (tertiary/aromatic N) is 1. The van der Waals surface area contributed by atoms with Crippen molar-refractivity contribution in [2.75, 3.05) is 20.2 Å². The van der Waals surface area contributed by atoms with E-state index in [1.165, 1.54) is 13.2 Å². The van der Waals surface area contributed by atoms with Crippen molar-refractivity contribution in [3.05, 3.63) is 23.8 Å². The van der Waals surface area contributed by atoms with Gasteiger partial charge in [-0.05, 0) is 30.5 Å². The van der Waals surface area contributed by atoms with Gasteiger partial charge in [-0.2, -0.15) is 0 Å². The summed E-state index contributed by atoms with van der Waals surface area (Å²) >= 11 is 6.21. The van der Waals surface area contributed by atoms with Crippen LogP contribution in [0.3, 0.4) is 0 Å². The van der Waals surface area contributed by atoms with Gasteiger partial charge in [-0.25, -0.2) is 0 Å². The molecule has 19 heavy (non-hydrogen) atoms. The summed E-state index contributed by atoms with van der Waals surface area (Å²) in [7, 11) is 1.47. The zero-order valence-electron chi connectivity index (χ0n) is 11.1. The topological polar surface area (TPSA) is 49.8 Å². The molecule has 0 aliphatic carbocycles. The molecule has 104 valence electrons. The van der Waals surface area contributed by atoms with Crippen molar-refractivity contribution in [3.63, 3.8) is 0 Å². The average Bonchev–Trinajstić information content (AvgIpc) is 2.41. The number of carbonyl (C=O) groups is 1. The lowest BCUT2D eigenvalue weighted by atomic mass is 9.98. The maximum absolute atomic E-state index is 12.3. The number of ether oxygens (including phenoxy) is 1. The molecule has 1 aliphatic rings. The highest BCUT2D eigenvalue weighted by Crippen LogP contribution is 2.28. The number of alkyl halides is 1. The standard InChI is InChI=1S/C14H18ClNO3/c1-9-5-6-16(8-11(9)15)14(18)10-3-4-13(19-2)12(17)7-10/h3-4,7,9,11,17H,5-6,8H2,1-2H3. The predicted octanol–water partition coefficient (Wildman–Crippen LogP) is 2.49. The number of likely N-dealkylation sites (tertiary alicyclic amines) is 1. The molecule has 0 aromatic heterocycles. The fourth-order valence-corrected chi connectivity index (χ4v) is 2.50. The molecule has 0 spiro atoms. The number of hydrogen-bond acceptors (Lipinski definition) is 3. The molecule has 1 amide bonds. The Balaban J connectivity index is 2.13. The van der Waals surface area contributed by atoms with Gasteiger partial charge in [0, 0.05) is 18.7 Å². The lowest BCUT2D eigenvalue weighted by molar-refractivity contribution is 0.0701. The van der Waals surface area contributed by atoms with E-state index in [9.17, 15) is 9.90 Å². The monoisotopic (exact) mass is 283 g/mol. The minimum Gasteiger partial charge on any atom is -0.504 e. The summed E-state index contributed by atoms with van der Waals surface area (Å²) in [6, 6.07) is 4.68. The molecule has 0 bridgehead atoms. The third kappa shape index (κ3) is 2.95. The van der Waals surface area contributed by atoms with E-state index in [1.807, 2.05) is 0 Å². The number of phenolic OH excluding ortho intramolecular Hbond substituents is 1. The van der Waals surface area contributed by atoms with Crippen LogP contribution in [0.4, 0.5) is 0 Å². The molecule has 1 heterocycles. The zero-order chi connectivity index (χ0) is 14.0. The van der Waals surface area contributed by atoms with Crippen LogP contribution in [0.25, 0.3) is 0 Å². The maximum atomic E-state index is 12.3. The fraction of sp³-hybridized carbons (Fsp3) is 0.500. The van der Waals surface area contributed by atoms with Gasteiger partial charge in [0.05, 0.1) is 12.5 Å². The first kappa shape index (κ1) is 14.0. The van der Waals surface area contributed by atoms with Crippen molar-refractivity contribution in [2.45, 2.75) is 18.7 Å². The van der Waals surface area contributed by atoms with E-state index < -0.39 is 0 Å². The Bertz CT molecular complexity index is 478. The largest absolute Gasteiger partial charge is 0.504 e. The van der Waals surface area contributed by atoms with Gasteiger partial charge < -0.3 is 14.7 Å². The van der Waals surface area contributed by atoms with Crippen molar-refractivity contribution >= 4 is 17.5 Å². The number of piperidine rings is 1. The Labute approximate surface area is 117 Å². The first-order valence-electron chi connectivity index (χ1n) is 6.33. The molecule has 0 saturated carbocycles. The molecule has 1 saturated heterocycles. The van der Waals surface area contributed by atoms with Crippen LogP contribution < -0.4 is 4.74 Å². The molecule has 2 rings (SSSR count). The summed E-state index contributed by atoms with van der Waals surface area (Å²) < 4.78 is 4.96. The number of amides is 1. The molecule has 1 aliphatic heterocycles. The molecule has 5 heteroatoms. The number of rotatable bonds is 2. The fourth-order valence-electron chi connectivity index (χ4n) is 2.21. The van der Waals surface area contributed by atoms with Crippen LogP contribution in [0.15, 0.2) is 18.2 Å². The summed E-state index contributed by atoms with van der Waals surface area (Å²) in [6.07, 6.45) is 0.905. The third-order valence-corrected chi connectivity index (χ3v) is 4.15. The highest BCUT2D eigenvalue weighted by molar-refractivity contribution is 6.21. The van der Waals surface area contributed by atoms with Crippen LogP contribution in [0, 0.1) is 5.92 Å². The van der Waals surface area contributed by atoms with E-state index in [0.717, 1.165) is 6.42 Å². The minimum absolute atomic E-state index is 0.00968. The summed E-state index contributed by atoms with van der Waals surface area (Å²) in [6.45, 7) is 3.35. The Morgan fingerprint density at radius 1 is 1.53 bits per heavy atom. The van der Waals surface area contributed by atoms with Crippen molar-refractivity contribution in [1.29, 1.82) is 0 Å². The first-order valence-corrected chi connectivity index (χ1v) is 6.77. The second kappa shape index (κ2) is 5.70. The summed E-state index contributed by atoms with van der Waals surface area (Å²) in [5, 5.41) is 9.70. The van der Waals surface area contributed by atoms with Gasteiger partial charge in [0.2, 0.25) is 0 Å². The summed E-state index contributed by atoms with van der Waals surface area (Å²) in [4.78, 5) is 14.1. The van der Waals surface area contributed by atoms with Gasteiger partial charge in [0.1, 0.15) is 0 Å². The van der Waals surface area contributed by atoms with Crippen LogP contribution in [-0.2, 0) is 0 Å². The van der Waals surface area contributed by atoms with Gasteiger partial charge in [0.15, 0.2) is 11.5 Å². The number of methoxy groups -OCH3 is 1. The molecule has 0 radical (unpaired) electrons. The number of carbonyl (C=O) groups excluding carboxylic acids is 1. The lowest BCUT2D eigenvalue weighted by Crippen LogP contribution is -2.43. The summed E-state index contributed by atoms with van der Waals surface area (Å²) in [5.74, 6) is 0.658. The number of benzene rings is 1. The van der Waals surface area contributed by atoms with E-state index in [-0.39, 0.29) is 17.0 Å². The lowest BCUT2D eigenvalue weighted by Gasteiger charge is -2.34. The molecular formula is C14H18ClNO3. The zero-order valence-corrected chi connectivity index (χ0v) is 11.9. The van der Waals surface area contributed by atoms with Gasteiger partial charge in [-0.1, -0.05) is 6.92 Å². The predicted molar refractivity (Wildman–Crippen MR) is 74.0 cm³/mol. The van der Waals surface area contributed by atoms with Crippen molar-refractivity contribution in [2.24, 2.45) is 5.92 Å². The van der Waals surface area contributed by atoms with Crippen LogP contribution in [0.2, 0.25) is 0 Å². The molecule has 1 N–H and O–H groups in total. The Kier molecular flexibility index (Phi) is 4.20. The van der Waals surface area contributed by atoms with Gasteiger partial charge in [0.25, 0.3) is 5.91 Å². The molecule has 2 atom stereocenters. The average molecular weight is 284 g/mol. The van der Waals surface area contributed by atoms with Crippen LogP contribution >= 0.6 is 11.6 Å². The van der Waals surface area contributed by atoms with Crippen molar-refractivity contribution in [3.8, 4) is 11.5 Å². The highest BCUT2D eigenvalue weighted by Gasteiger charge is 2.28. The number of aromatic hydroxyl groups is 1. The second-order valence-electron chi connectivity index (χ2n) is 4.92. The molecule has 1 aromatic rings. The van der Waals surface area contributed by atoms with E-state index in [1.54, 1.807) is 17.0 Å². The van der Waals surface area contributed by atoms with Crippen LogP contribution in [0.5, 0.6) is 11.5 Å². The quantitative estimate of drug-likeness (QED) is 0.849. The number of halogens is 1. The Morgan fingerprint density at radius 2 is 2.26 bits per heavy atom. The van der Waals surface area contributed by atoms with Gasteiger partial charge in [-0.3, -0.25) is 4.79 Å². The van der Waals surface area contributed by atoms with Gasteiger partial charge in [-0.15, -0.1) is 11.6 Å². The Morgan fingerprint density at radius 3 is 2.84 bits per heavy atom. The van der Waals surface area contributed by atoms with E-state index >= 15 is 0 Å². The molecule has 1 aromatic carbocycles. The third-order valence-electron chi connectivity index (χ3n) is 3.58. The number of hydrogen-bond donors (Lipinski definition) is 1. The van der Waals surface area contributed by atoms with Crippen LogP contribution in [-0.4, -0.2) is 41.5 Å².